The summed E-state index contributed by atoms with van der Waals surface area (Å²) in [7, 11) is 0. The first-order valence-corrected chi connectivity index (χ1v) is 7.90. The van der Waals surface area contributed by atoms with E-state index in [0.29, 0.717) is 0 Å². The molecule has 0 radical (unpaired) electrons. The Morgan fingerprint density at radius 3 is 3.06 bits per heavy atom. The number of hydrogen-bond donors (Lipinski definition) is 0. The van der Waals surface area contributed by atoms with Gasteiger partial charge in [-0.3, -0.25) is 0 Å². The van der Waals surface area contributed by atoms with Gasteiger partial charge in [0.15, 0.2) is 0 Å². The number of benzene rings is 1. The Labute approximate surface area is 112 Å². The van der Waals surface area contributed by atoms with Crippen LogP contribution in [0.4, 0.5) is 0 Å². The summed E-state index contributed by atoms with van der Waals surface area (Å²) < 4.78 is 1.10. The molecule has 1 heterocycles. The molecule has 2 rings (SSSR count). The van der Waals surface area contributed by atoms with E-state index in [-0.39, 0.29) is 0 Å². The molecule has 0 spiro atoms. The molecule has 0 unspecified atom stereocenters. The Bertz CT molecular complexity index is 468. The fourth-order valence-electron chi connectivity index (χ4n) is 1.35. The highest BCUT2D eigenvalue weighted by Gasteiger charge is 2.04. The number of thiazole rings is 1. The van der Waals surface area contributed by atoms with Gasteiger partial charge in [-0.1, -0.05) is 35.0 Å². The van der Waals surface area contributed by atoms with Gasteiger partial charge in [0, 0.05) is 21.2 Å². The molecular formula is C12H12BrNS2. The Hall–Kier alpha value is -0.320. The second kappa shape index (κ2) is 5.84. The van der Waals surface area contributed by atoms with Crippen molar-refractivity contribution in [2.75, 3.05) is 5.75 Å². The maximum atomic E-state index is 4.64. The first-order chi connectivity index (χ1) is 7.79. The molecule has 0 amide bonds. The van der Waals surface area contributed by atoms with Crippen LogP contribution in [0.1, 0.15) is 11.9 Å². The Morgan fingerprint density at radius 2 is 2.31 bits per heavy atom. The Morgan fingerprint density at radius 1 is 1.44 bits per heavy atom. The van der Waals surface area contributed by atoms with Crippen molar-refractivity contribution in [1.29, 1.82) is 0 Å². The van der Waals surface area contributed by atoms with Crippen LogP contribution in [0.2, 0.25) is 0 Å². The largest absolute Gasteiger partial charge is 0.240 e. The molecule has 0 N–H and O–H groups in total. The van der Waals surface area contributed by atoms with Gasteiger partial charge in [0.2, 0.25) is 0 Å². The van der Waals surface area contributed by atoms with Crippen molar-refractivity contribution < 1.29 is 0 Å². The second-order valence-electron chi connectivity index (χ2n) is 3.27. The van der Waals surface area contributed by atoms with Crippen molar-refractivity contribution >= 4 is 39.0 Å². The first-order valence-electron chi connectivity index (χ1n) is 5.07. The third kappa shape index (κ3) is 3.09. The Kier molecular flexibility index (Phi) is 4.44. The van der Waals surface area contributed by atoms with E-state index in [2.05, 4.69) is 45.4 Å². The topological polar surface area (TPSA) is 12.9 Å². The zero-order valence-electron chi connectivity index (χ0n) is 8.94. The number of hydrogen-bond acceptors (Lipinski definition) is 3. The highest BCUT2D eigenvalue weighted by Crippen LogP contribution is 2.26. The number of thioether (sulfide) groups is 1. The summed E-state index contributed by atoms with van der Waals surface area (Å²) >= 11 is 7.13. The van der Waals surface area contributed by atoms with Crippen molar-refractivity contribution in [2.24, 2.45) is 0 Å². The van der Waals surface area contributed by atoms with Gasteiger partial charge in [0.25, 0.3) is 0 Å². The number of nitrogens with zero attached hydrogens (tertiary/aromatic N) is 1. The lowest BCUT2D eigenvalue weighted by Gasteiger charge is -1.97. The minimum absolute atomic E-state index is 1.02. The molecular weight excluding hydrogens is 302 g/mol. The van der Waals surface area contributed by atoms with Crippen LogP contribution in [0.25, 0.3) is 11.3 Å². The van der Waals surface area contributed by atoms with Crippen molar-refractivity contribution in [1.82, 2.24) is 4.98 Å². The van der Waals surface area contributed by atoms with E-state index in [1.165, 1.54) is 10.6 Å². The number of rotatable bonds is 4. The van der Waals surface area contributed by atoms with E-state index in [4.69, 9.17) is 0 Å². The third-order valence-corrected chi connectivity index (χ3v) is 4.51. The smallest absolute Gasteiger partial charge is 0.103 e. The molecule has 84 valence electrons. The number of halogens is 1. The lowest BCUT2D eigenvalue weighted by atomic mass is 10.2. The predicted octanol–water partition coefficient (Wildman–Crippen LogP) is 4.83. The highest BCUT2D eigenvalue weighted by atomic mass is 79.9. The summed E-state index contributed by atoms with van der Waals surface area (Å²) in [5, 5.41) is 3.34. The van der Waals surface area contributed by atoms with E-state index in [9.17, 15) is 0 Å². The van der Waals surface area contributed by atoms with Crippen LogP contribution in [-0.4, -0.2) is 10.7 Å². The predicted molar refractivity (Wildman–Crippen MR) is 77.1 cm³/mol. The van der Waals surface area contributed by atoms with Crippen LogP contribution >= 0.6 is 39.0 Å². The fraction of sp³-hybridized carbons (Fsp3) is 0.250. The second-order valence-corrected chi connectivity index (χ2v) is 6.41. The molecule has 0 aliphatic rings. The lowest BCUT2D eigenvalue weighted by Crippen LogP contribution is -1.81. The van der Waals surface area contributed by atoms with Gasteiger partial charge in [-0.05, 0) is 17.9 Å². The van der Waals surface area contributed by atoms with Gasteiger partial charge >= 0.3 is 0 Å². The van der Waals surface area contributed by atoms with Gasteiger partial charge in [-0.2, -0.15) is 11.8 Å². The maximum absolute atomic E-state index is 4.64. The van der Waals surface area contributed by atoms with Crippen LogP contribution in [0, 0.1) is 0 Å². The van der Waals surface area contributed by atoms with Crippen LogP contribution < -0.4 is 0 Å². The van der Waals surface area contributed by atoms with Gasteiger partial charge in [0.1, 0.15) is 5.01 Å². The molecule has 1 nitrogen and oxygen atoms in total. The third-order valence-electron chi connectivity index (χ3n) is 2.10. The summed E-state index contributed by atoms with van der Waals surface area (Å²) in [6, 6.07) is 8.27. The average molecular weight is 314 g/mol. The number of aromatic nitrogens is 1. The van der Waals surface area contributed by atoms with Crippen LogP contribution in [0.5, 0.6) is 0 Å². The molecule has 1 aromatic carbocycles. The molecule has 16 heavy (non-hydrogen) atoms. The van der Waals surface area contributed by atoms with E-state index in [1.54, 1.807) is 11.3 Å². The molecule has 4 heteroatoms. The van der Waals surface area contributed by atoms with E-state index >= 15 is 0 Å². The molecule has 1 aromatic heterocycles. The SMILES string of the molecule is CCSCc1nc(-c2cccc(Br)c2)cs1. The summed E-state index contributed by atoms with van der Waals surface area (Å²) in [6.07, 6.45) is 0. The summed E-state index contributed by atoms with van der Waals surface area (Å²) in [4.78, 5) is 4.64. The van der Waals surface area contributed by atoms with Gasteiger partial charge < -0.3 is 0 Å². The molecule has 0 saturated carbocycles. The monoisotopic (exact) mass is 313 g/mol. The van der Waals surface area contributed by atoms with Crippen molar-refractivity contribution in [3.63, 3.8) is 0 Å². The summed E-state index contributed by atoms with van der Waals surface area (Å²) in [6.45, 7) is 2.17. The zero-order valence-corrected chi connectivity index (χ0v) is 12.2. The minimum Gasteiger partial charge on any atom is -0.240 e. The van der Waals surface area contributed by atoms with Crippen LogP contribution in [0.15, 0.2) is 34.1 Å². The standard InChI is InChI=1S/C12H12BrNS2/c1-2-15-8-12-14-11(7-16-12)9-4-3-5-10(13)6-9/h3-7H,2,8H2,1H3. The van der Waals surface area contributed by atoms with Crippen LogP contribution in [0.3, 0.4) is 0 Å². The van der Waals surface area contributed by atoms with Crippen molar-refractivity contribution in [3.05, 3.63) is 39.1 Å². The van der Waals surface area contributed by atoms with Crippen LogP contribution in [-0.2, 0) is 5.75 Å². The quantitative estimate of drug-likeness (QED) is 0.802. The molecule has 0 aliphatic carbocycles. The average Bonchev–Trinajstić information content (AvgIpc) is 2.75. The minimum atomic E-state index is 1.02. The zero-order chi connectivity index (χ0) is 11.4. The normalized spacial score (nSPS) is 10.6. The van der Waals surface area contributed by atoms with Gasteiger partial charge in [0.05, 0.1) is 5.69 Å². The fourth-order valence-corrected chi connectivity index (χ4v) is 3.30. The van der Waals surface area contributed by atoms with E-state index < -0.39 is 0 Å². The first kappa shape index (κ1) is 12.1. The highest BCUT2D eigenvalue weighted by molar-refractivity contribution is 9.10. The molecule has 0 bridgehead atoms. The lowest BCUT2D eigenvalue weighted by molar-refractivity contribution is 1.26. The van der Waals surface area contributed by atoms with Gasteiger partial charge in [-0.15, -0.1) is 11.3 Å². The van der Waals surface area contributed by atoms with E-state index in [1.807, 2.05) is 23.9 Å². The van der Waals surface area contributed by atoms with Crippen molar-refractivity contribution in [3.8, 4) is 11.3 Å². The molecule has 0 atom stereocenters. The summed E-state index contributed by atoms with van der Waals surface area (Å²) in [5.74, 6) is 2.17. The Balaban J connectivity index is 2.18. The summed E-state index contributed by atoms with van der Waals surface area (Å²) in [5.41, 5.74) is 2.26. The molecule has 0 fully saturated rings. The molecule has 2 aromatic rings. The molecule has 0 saturated heterocycles. The molecule has 0 aliphatic heterocycles. The van der Waals surface area contributed by atoms with Gasteiger partial charge in [-0.25, -0.2) is 4.98 Å². The maximum Gasteiger partial charge on any atom is 0.103 e. The van der Waals surface area contributed by atoms with E-state index in [0.717, 1.165) is 21.7 Å². The van der Waals surface area contributed by atoms with Crippen molar-refractivity contribution in [2.45, 2.75) is 12.7 Å².